The average molecular weight is 181 g/mol. The van der Waals surface area contributed by atoms with Crippen LogP contribution in [0.3, 0.4) is 0 Å². The normalized spacial score (nSPS) is 64.4. The molecule has 13 heavy (non-hydrogen) atoms. The Morgan fingerprint density at radius 2 is 1.38 bits per heavy atom. The van der Waals surface area contributed by atoms with Crippen LogP contribution in [-0.4, -0.2) is 48.7 Å². The summed E-state index contributed by atoms with van der Waals surface area (Å²) in [5.41, 5.74) is 7.08. The van der Waals surface area contributed by atoms with Gasteiger partial charge in [0.05, 0.1) is 6.67 Å². The molecule has 0 aliphatic carbocycles. The molecule has 4 bridgehead atoms. The summed E-state index contributed by atoms with van der Waals surface area (Å²) in [7, 11) is 0. The topological polar surface area (TPSA) is 32.5 Å². The van der Waals surface area contributed by atoms with Crippen molar-refractivity contribution in [2.75, 3.05) is 32.8 Å². The first-order valence-corrected chi connectivity index (χ1v) is 5.22. The van der Waals surface area contributed by atoms with Crippen LogP contribution in [0.4, 0.5) is 0 Å². The van der Waals surface area contributed by atoms with E-state index >= 15 is 0 Å². The van der Waals surface area contributed by atoms with Crippen molar-refractivity contribution in [3.8, 4) is 0 Å². The van der Waals surface area contributed by atoms with Gasteiger partial charge in [-0.15, -0.1) is 0 Å². The minimum absolute atomic E-state index is 0.351. The highest BCUT2D eigenvalue weighted by atomic mass is 15.4. The van der Waals surface area contributed by atoms with Crippen LogP contribution in [-0.2, 0) is 0 Å². The Morgan fingerprint density at radius 3 is 1.77 bits per heavy atom. The third kappa shape index (κ3) is 0.901. The summed E-state index contributed by atoms with van der Waals surface area (Å²) in [5.74, 6) is 0. The average Bonchev–Trinajstić information content (AvgIpc) is 1.97. The van der Waals surface area contributed by atoms with E-state index in [1.807, 2.05) is 0 Å². The molecule has 2 N–H and O–H groups in total. The first kappa shape index (κ1) is 8.21. The van der Waals surface area contributed by atoms with Crippen LogP contribution in [0, 0.1) is 10.8 Å². The molecular weight excluding hydrogens is 162 g/mol. The minimum Gasteiger partial charge on any atom is -0.327 e. The Morgan fingerprint density at radius 1 is 1.00 bits per heavy atom. The summed E-state index contributed by atoms with van der Waals surface area (Å²) >= 11 is 0. The molecular formula is C10H19N3. The fourth-order valence-electron chi connectivity index (χ4n) is 3.97. The van der Waals surface area contributed by atoms with Gasteiger partial charge in [0, 0.05) is 43.1 Å². The van der Waals surface area contributed by atoms with Crippen LogP contribution in [0.5, 0.6) is 0 Å². The first-order valence-electron chi connectivity index (χ1n) is 5.22. The van der Waals surface area contributed by atoms with Crippen LogP contribution < -0.4 is 5.73 Å². The zero-order chi connectivity index (χ0) is 9.27. The molecule has 0 amide bonds. The van der Waals surface area contributed by atoms with Gasteiger partial charge >= 0.3 is 0 Å². The van der Waals surface area contributed by atoms with E-state index in [4.69, 9.17) is 5.73 Å². The number of rotatable bonds is 0. The molecule has 0 saturated carbocycles. The van der Waals surface area contributed by atoms with Gasteiger partial charge in [-0.25, -0.2) is 0 Å². The summed E-state index contributed by atoms with van der Waals surface area (Å²) in [6, 6.07) is 0.396. The molecule has 0 aromatic carbocycles. The molecule has 3 heteroatoms. The van der Waals surface area contributed by atoms with Crippen molar-refractivity contribution in [1.29, 1.82) is 0 Å². The molecule has 4 heterocycles. The summed E-state index contributed by atoms with van der Waals surface area (Å²) < 4.78 is 0. The highest BCUT2D eigenvalue weighted by Gasteiger charge is 2.57. The molecule has 0 radical (unpaired) electrons. The second kappa shape index (κ2) is 2.10. The number of piperidine rings is 2. The maximum absolute atomic E-state index is 6.38. The largest absolute Gasteiger partial charge is 0.327 e. The third-order valence-corrected chi connectivity index (χ3v) is 4.24. The van der Waals surface area contributed by atoms with E-state index in [9.17, 15) is 0 Å². The first-order chi connectivity index (χ1) is 6.02. The van der Waals surface area contributed by atoms with Gasteiger partial charge in [0.15, 0.2) is 0 Å². The summed E-state index contributed by atoms with van der Waals surface area (Å²) in [5, 5.41) is 0. The maximum Gasteiger partial charge on any atom is 0.0507 e. The van der Waals surface area contributed by atoms with Crippen molar-refractivity contribution in [1.82, 2.24) is 9.80 Å². The quantitative estimate of drug-likeness (QED) is 0.568. The van der Waals surface area contributed by atoms with Crippen LogP contribution in [0.15, 0.2) is 0 Å². The zero-order valence-electron chi connectivity index (χ0n) is 8.58. The van der Waals surface area contributed by atoms with E-state index in [2.05, 4.69) is 23.6 Å². The second-order valence-corrected chi connectivity index (χ2v) is 5.90. The summed E-state index contributed by atoms with van der Waals surface area (Å²) in [4.78, 5) is 5.13. The highest BCUT2D eigenvalue weighted by Crippen LogP contribution is 2.47. The number of nitrogens with two attached hydrogens (primary N) is 1. The Balaban J connectivity index is 2.03. The third-order valence-electron chi connectivity index (χ3n) is 4.24. The van der Waals surface area contributed by atoms with E-state index in [0.29, 0.717) is 16.9 Å². The molecule has 3 nitrogen and oxygen atoms in total. The lowest BCUT2D eigenvalue weighted by atomic mass is 9.60. The summed E-state index contributed by atoms with van der Waals surface area (Å²) in [6.07, 6.45) is 0. The SMILES string of the molecule is CC12CN3CN(C1)CC(C)(C3)C2N. The smallest absolute Gasteiger partial charge is 0.0507 e. The monoisotopic (exact) mass is 181 g/mol. The highest BCUT2D eigenvalue weighted by molar-refractivity contribution is 5.12. The van der Waals surface area contributed by atoms with Crippen LogP contribution in [0.1, 0.15) is 13.8 Å². The predicted molar refractivity (Wildman–Crippen MR) is 52.2 cm³/mol. The van der Waals surface area contributed by atoms with Gasteiger partial charge in [0.25, 0.3) is 0 Å². The molecule has 74 valence electrons. The molecule has 4 fully saturated rings. The lowest BCUT2D eigenvalue weighted by molar-refractivity contribution is -0.166. The van der Waals surface area contributed by atoms with Crippen molar-refractivity contribution in [3.63, 3.8) is 0 Å². The predicted octanol–water partition coefficient (Wildman–Crippen LogP) is -0.0714. The van der Waals surface area contributed by atoms with Gasteiger partial charge in [0.2, 0.25) is 0 Å². The van der Waals surface area contributed by atoms with E-state index in [1.54, 1.807) is 0 Å². The van der Waals surface area contributed by atoms with Crippen molar-refractivity contribution >= 4 is 0 Å². The number of hydrogen-bond acceptors (Lipinski definition) is 3. The minimum atomic E-state index is 0.351. The van der Waals surface area contributed by atoms with E-state index in [0.717, 1.165) is 0 Å². The maximum atomic E-state index is 6.38. The van der Waals surface area contributed by atoms with Gasteiger partial charge in [-0.2, -0.15) is 0 Å². The second-order valence-electron chi connectivity index (χ2n) is 5.90. The number of nitrogens with zero attached hydrogens (tertiary/aromatic N) is 2. The van der Waals surface area contributed by atoms with Gasteiger partial charge in [-0.1, -0.05) is 13.8 Å². The lowest BCUT2D eigenvalue weighted by Gasteiger charge is -2.66. The Bertz CT molecular complexity index is 215. The molecule has 4 rings (SSSR count). The van der Waals surface area contributed by atoms with E-state index in [-0.39, 0.29) is 0 Å². The molecule has 4 saturated heterocycles. The molecule has 0 atom stereocenters. The molecule has 0 aromatic rings. The van der Waals surface area contributed by atoms with Gasteiger partial charge in [-0.05, 0) is 0 Å². The summed E-state index contributed by atoms with van der Waals surface area (Å²) in [6.45, 7) is 10.7. The van der Waals surface area contributed by atoms with Crippen molar-refractivity contribution in [2.45, 2.75) is 19.9 Å². The van der Waals surface area contributed by atoms with Crippen LogP contribution in [0.25, 0.3) is 0 Å². The molecule has 0 spiro atoms. The lowest BCUT2D eigenvalue weighted by Crippen LogP contribution is -2.78. The molecule has 4 aliphatic rings. The van der Waals surface area contributed by atoms with E-state index < -0.39 is 0 Å². The fourth-order valence-corrected chi connectivity index (χ4v) is 3.97. The Labute approximate surface area is 79.9 Å². The Hall–Kier alpha value is -0.120. The molecule has 0 aromatic heterocycles. The standard InChI is InChI=1S/C10H19N3/c1-9-3-12-5-10(2,8(9)11)6-13(4-9)7-12/h8H,3-7,11H2,1-2H3. The van der Waals surface area contributed by atoms with Crippen LogP contribution >= 0.6 is 0 Å². The fraction of sp³-hybridized carbons (Fsp3) is 1.00. The zero-order valence-corrected chi connectivity index (χ0v) is 8.58. The Kier molecular flexibility index (Phi) is 1.33. The van der Waals surface area contributed by atoms with Crippen molar-refractivity contribution < 1.29 is 0 Å². The van der Waals surface area contributed by atoms with Gasteiger partial charge in [0.1, 0.15) is 0 Å². The van der Waals surface area contributed by atoms with Gasteiger partial charge in [-0.3, -0.25) is 9.80 Å². The number of hydrogen-bond donors (Lipinski definition) is 1. The molecule has 4 aliphatic heterocycles. The van der Waals surface area contributed by atoms with Crippen molar-refractivity contribution in [3.05, 3.63) is 0 Å². The van der Waals surface area contributed by atoms with Gasteiger partial charge < -0.3 is 5.73 Å². The molecule has 0 unspecified atom stereocenters. The van der Waals surface area contributed by atoms with E-state index in [1.165, 1.54) is 32.8 Å². The van der Waals surface area contributed by atoms with Crippen molar-refractivity contribution in [2.24, 2.45) is 16.6 Å². The van der Waals surface area contributed by atoms with Crippen LogP contribution in [0.2, 0.25) is 0 Å².